The summed E-state index contributed by atoms with van der Waals surface area (Å²) in [5.74, 6) is 2.41. The number of hydrogen-bond donors (Lipinski definition) is 2. The Kier molecular flexibility index (Phi) is 2.88. The molecule has 0 saturated carbocycles. The molecule has 6 nitrogen and oxygen atoms in total. The highest BCUT2D eigenvalue weighted by molar-refractivity contribution is 5.90. The van der Waals surface area contributed by atoms with Crippen LogP contribution in [0.2, 0.25) is 0 Å². The van der Waals surface area contributed by atoms with Gasteiger partial charge < -0.3 is 15.0 Å². The Bertz CT molecular complexity index is 1140. The summed E-state index contributed by atoms with van der Waals surface area (Å²) in [6.45, 7) is 1.96. The third-order valence-corrected chi connectivity index (χ3v) is 4.66. The number of benzene rings is 2. The van der Waals surface area contributed by atoms with Gasteiger partial charge in [0.1, 0.15) is 17.8 Å². The maximum atomic E-state index is 5.40. The van der Waals surface area contributed by atoms with E-state index in [1.807, 2.05) is 43.5 Å². The van der Waals surface area contributed by atoms with Gasteiger partial charge in [0, 0.05) is 22.7 Å². The molecule has 1 unspecified atom stereocenters. The molecule has 0 saturated heterocycles. The van der Waals surface area contributed by atoms with Gasteiger partial charge in [0.15, 0.2) is 0 Å². The molecule has 2 aromatic heterocycles. The summed E-state index contributed by atoms with van der Waals surface area (Å²) in [6.07, 6.45) is 1.96. The summed E-state index contributed by atoms with van der Waals surface area (Å²) >= 11 is 0. The fourth-order valence-corrected chi connectivity index (χ4v) is 3.50. The van der Waals surface area contributed by atoms with Gasteiger partial charge in [0.05, 0.1) is 18.1 Å². The molecule has 0 aliphatic carbocycles. The third kappa shape index (κ3) is 2.04. The average Bonchev–Trinajstić information content (AvgIpc) is 3.21. The number of nitrogens with zero attached hydrogens (tertiary/aromatic N) is 3. The highest BCUT2D eigenvalue weighted by atomic mass is 16.5. The minimum atomic E-state index is -0.0826. The standard InChI is InChI=1S/C19H17N5O/c1-11-21-18(14-10-20-15-8-7-12(25-2)9-13(14)15)24-17-6-4-3-5-16(17)23-19(24)22-11/h3-10,18,20H,1-2H3,(H,21,22,23). The number of aromatic nitrogens is 3. The number of rotatable bonds is 2. The minimum absolute atomic E-state index is 0.0826. The van der Waals surface area contributed by atoms with Crippen LogP contribution in [0.1, 0.15) is 18.7 Å². The first kappa shape index (κ1) is 14.1. The number of nitrogens with one attached hydrogen (secondary N) is 2. The molecule has 6 heteroatoms. The van der Waals surface area contributed by atoms with Gasteiger partial charge in [-0.15, -0.1) is 0 Å². The fraction of sp³-hybridized carbons (Fsp3) is 0.158. The van der Waals surface area contributed by atoms with Crippen molar-refractivity contribution in [2.24, 2.45) is 4.99 Å². The van der Waals surface area contributed by atoms with Crippen LogP contribution in [-0.2, 0) is 0 Å². The average molecular weight is 331 g/mol. The van der Waals surface area contributed by atoms with Crippen molar-refractivity contribution in [2.75, 3.05) is 7.11 Å². The first-order valence-electron chi connectivity index (χ1n) is 8.18. The zero-order chi connectivity index (χ0) is 17.0. The maximum absolute atomic E-state index is 5.40. The predicted octanol–water partition coefficient (Wildman–Crippen LogP) is 3.73. The van der Waals surface area contributed by atoms with Crippen LogP contribution in [0.15, 0.2) is 53.7 Å². The maximum Gasteiger partial charge on any atom is 0.234 e. The molecule has 0 spiro atoms. The van der Waals surface area contributed by atoms with E-state index in [4.69, 9.17) is 4.74 Å². The van der Waals surface area contributed by atoms with Crippen molar-refractivity contribution in [3.05, 3.63) is 54.2 Å². The van der Waals surface area contributed by atoms with Crippen molar-refractivity contribution in [3.8, 4) is 5.75 Å². The second-order valence-corrected chi connectivity index (χ2v) is 6.17. The van der Waals surface area contributed by atoms with Crippen molar-refractivity contribution in [1.82, 2.24) is 19.9 Å². The van der Waals surface area contributed by atoms with Crippen molar-refractivity contribution in [2.45, 2.75) is 13.1 Å². The summed E-state index contributed by atoms with van der Waals surface area (Å²) in [7, 11) is 1.69. The zero-order valence-corrected chi connectivity index (χ0v) is 13.9. The van der Waals surface area contributed by atoms with Gasteiger partial charge in [0.25, 0.3) is 0 Å². The Morgan fingerprint density at radius 1 is 1.16 bits per heavy atom. The summed E-state index contributed by atoms with van der Waals surface area (Å²) in [6, 6.07) is 14.2. The van der Waals surface area contributed by atoms with Crippen LogP contribution in [0.3, 0.4) is 0 Å². The summed E-state index contributed by atoms with van der Waals surface area (Å²) in [5, 5.41) is 4.62. The number of aliphatic imine (C=N–C) groups is 1. The molecule has 1 atom stereocenters. The molecule has 2 N–H and O–H groups in total. The number of aromatic amines is 1. The molecule has 5 rings (SSSR count). The number of ether oxygens (including phenoxy) is 1. The van der Waals surface area contributed by atoms with E-state index in [0.29, 0.717) is 0 Å². The van der Waals surface area contributed by atoms with Gasteiger partial charge in [-0.05, 0) is 37.3 Å². The SMILES string of the molecule is COc1ccc2[nH]cc(C3NC(C)=Nc4nc5ccccc5n43)c2c1. The number of methoxy groups -OCH3 is 1. The van der Waals surface area contributed by atoms with Gasteiger partial charge in [-0.3, -0.25) is 4.57 Å². The lowest BCUT2D eigenvalue weighted by Crippen LogP contribution is -2.34. The number of amidine groups is 1. The smallest absolute Gasteiger partial charge is 0.234 e. The highest BCUT2D eigenvalue weighted by Gasteiger charge is 2.26. The molecule has 0 radical (unpaired) electrons. The molecule has 4 aromatic rings. The van der Waals surface area contributed by atoms with Crippen molar-refractivity contribution in [3.63, 3.8) is 0 Å². The van der Waals surface area contributed by atoms with Crippen molar-refractivity contribution < 1.29 is 4.74 Å². The lowest BCUT2D eigenvalue weighted by atomic mass is 10.1. The normalized spacial score (nSPS) is 16.6. The van der Waals surface area contributed by atoms with Gasteiger partial charge >= 0.3 is 0 Å². The lowest BCUT2D eigenvalue weighted by molar-refractivity contribution is 0.415. The monoisotopic (exact) mass is 331 g/mol. The number of H-pyrrole nitrogens is 1. The predicted molar refractivity (Wildman–Crippen MR) is 98.6 cm³/mol. The molecule has 124 valence electrons. The molecule has 1 aliphatic heterocycles. The van der Waals surface area contributed by atoms with E-state index in [-0.39, 0.29) is 6.17 Å². The van der Waals surface area contributed by atoms with E-state index < -0.39 is 0 Å². The first-order valence-corrected chi connectivity index (χ1v) is 8.18. The molecular weight excluding hydrogens is 314 g/mol. The van der Waals surface area contributed by atoms with Gasteiger partial charge in [-0.1, -0.05) is 12.1 Å². The number of fused-ring (bicyclic) bond motifs is 4. The number of hydrogen-bond acceptors (Lipinski definition) is 4. The second-order valence-electron chi connectivity index (χ2n) is 6.17. The van der Waals surface area contributed by atoms with E-state index in [1.54, 1.807) is 7.11 Å². The largest absolute Gasteiger partial charge is 0.497 e. The van der Waals surface area contributed by atoms with Crippen LogP contribution >= 0.6 is 0 Å². The van der Waals surface area contributed by atoms with Gasteiger partial charge in [-0.25, -0.2) is 9.98 Å². The summed E-state index contributed by atoms with van der Waals surface area (Å²) in [4.78, 5) is 12.6. The Morgan fingerprint density at radius 3 is 2.92 bits per heavy atom. The Morgan fingerprint density at radius 2 is 2.04 bits per heavy atom. The molecule has 3 heterocycles. The summed E-state index contributed by atoms with van der Waals surface area (Å²) in [5.41, 5.74) is 4.21. The number of imidazole rings is 1. The van der Waals surface area contributed by atoms with Crippen molar-refractivity contribution >= 4 is 33.7 Å². The first-order chi connectivity index (χ1) is 12.2. The summed E-state index contributed by atoms with van der Waals surface area (Å²) < 4.78 is 7.55. The molecule has 2 aromatic carbocycles. The van der Waals surface area contributed by atoms with E-state index in [9.17, 15) is 0 Å². The third-order valence-electron chi connectivity index (χ3n) is 4.66. The highest BCUT2D eigenvalue weighted by Crippen LogP contribution is 2.35. The van der Waals surface area contributed by atoms with E-state index in [0.717, 1.165) is 45.0 Å². The van der Waals surface area contributed by atoms with Crippen LogP contribution in [0, 0.1) is 0 Å². The van der Waals surface area contributed by atoms with E-state index >= 15 is 0 Å². The van der Waals surface area contributed by atoms with Crippen LogP contribution < -0.4 is 10.1 Å². The van der Waals surface area contributed by atoms with E-state index in [1.165, 1.54) is 0 Å². The minimum Gasteiger partial charge on any atom is -0.497 e. The quantitative estimate of drug-likeness (QED) is 0.588. The molecular formula is C19H17N5O. The topological polar surface area (TPSA) is 67.2 Å². The second kappa shape index (κ2) is 5.11. The molecule has 0 amide bonds. The van der Waals surface area contributed by atoms with Crippen LogP contribution in [-0.4, -0.2) is 27.5 Å². The molecule has 1 aliphatic rings. The Balaban J connectivity index is 1.77. The molecule has 0 bridgehead atoms. The van der Waals surface area contributed by atoms with Crippen LogP contribution in [0.5, 0.6) is 5.75 Å². The van der Waals surface area contributed by atoms with Crippen LogP contribution in [0.25, 0.3) is 21.9 Å². The van der Waals surface area contributed by atoms with E-state index in [2.05, 4.69) is 37.0 Å². The van der Waals surface area contributed by atoms with Gasteiger partial charge in [0.2, 0.25) is 5.95 Å². The van der Waals surface area contributed by atoms with Crippen molar-refractivity contribution in [1.29, 1.82) is 0 Å². The molecule has 0 fully saturated rings. The Labute approximate surface area is 144 Å². The molecule has 25 heavy (non-hydrogen) atoms. The van der Waals surface area contributed by atoms with Crippen LogP contribution in [0.4, 0.5) is 5.95 Å². The Hall–Kier alpha value is -3.28. The zero-order valence-electron chi connectivity index (χ0n) is 13.9. The van der Waals surface area contributed by atoms with Gasteiger partial charge in [-0.2, -0.15) is 0 Å². The lowest BCUT2D eigenvalue weighted by Gasteiger charge is -2.26. The fourth-order valence-electron chi connectivity index (χ4n) is 3.50. The number of para-hydroxylation sites is 2.